The van der Waals surface area contributed by atoms with E-state index in [1.54, 1.807) is 12.1 Å². The molecule has 0 radical (unpaired) electrons. The van der Waals surface area contributed by atoms with Crippen molar-refractivity contribution in [2.45, 2.75) is 0 Å². The Morgan fingerprint density at radius 2 is 2.00 bits per heavy atom. The Kier molecular flexibility index (Phi) is 6.36. The summed E-state index contributed by atoms with van der Waals surface area (Å²) in [7, 11) is 0. The number of nitrogens with one attached hydrogen (secondary N) is 1. The first kappa shape index (κ1) is 13.4. The van der Waals surface area contributed by atoms with Crippen LogP contribution in [0.25, 0.3) is 0 Å². The van der Waals surface area contributed by atoms with Crippen molar-refractivity contribution in [3.63, 3.8) is 0 Å². The van der Waals surface area contributed by atoms with Gasteiger partial charge in [0.2, 0.25) is 0 Å². The zero-order valence-corrected chi connectivity index (χ0v) is 10.9. The Balaban J connectivity index is 2.27. The van der Waals surface area contributed by atoms with Crippen LogP contribution in [0.4, 0.5) is 0 Å². The molecule has 1 rings (SSSR count). The van der Waals surface area contributed by atoms with E-state index in [0.717, 1.165) is 3.57 Å². The lowest BCUT2D eigenvalue weighted by atomic mass is 10.2. The van der Waals surface area contributed by atoms with Crippen molar-refractivity contribution >= 4 is 28.5 Å². The maximum Gasteiger partial charge on any atom is 0.251 e. The van der Waals surface area contributed by atoms with E-state index in [9.17, 15) is 4.79 Å². The highest BCUT2D eigenvalue weighted by Gasteiger charge is 2.03. The molecule has 0 saturated heterocycles. The Hall–Kier alpha value is -0.660. The number of hydrogen-bond acceptors (Lipinski definition) is 3. The number of ether oxygens (including phenoxy) is 1. The van der Waals surface area contributed by atoms with Gasteiger partial charge in [0.15, 0.2) is 0 Å². The average Bonchev–Trinajstić information content (AvgIpc) is 2.29. The minimum Gasteiger partial charge on any atom is -0.394 e. The van der Waals surface area contributed by atoms with Crippen LogP contribution >= 0.6 is 22.6 Å². The zero-order valence-electron chi connectivity index (χ0n) is 8.78. The predicted molar refractivity (Wildman–Crippen MR) is 69.4 cm³/mol. The van der Waals surface area contributed by atoms with Crippen molar-refractivity contribution in [2.75, 3.05) is 26.4 Å². The van der Waals surface area contributed by atoms with Crippen LogP contribution in [0.2, 0.25) is 0 Å². The minimum absolute atomic E-state index is 0.00503. The number of halogens is 1. The monoisotopic (exact) mass is 335 g/mol. The van der Waals surface area contributed by atoms with Gasteiger partial charge in [0.25, 0.3) is 5.91 Å². The highest BCUT2D eigenvalue weighted by Crippen LogP contribution is 2.06. The van der Waals surface area contributed by atoms with Crippen molar-refractivity contribution in [2.24, 2.45) is 0 Å². The number of carbonyl (C=O) groups excluding carboxylic acids is 1. The first-order valence-electron chi connectivity index (χ1n) is 4.96. The van der Waals surface area contributed by atoms with Crippen molar-refractivity contribution < 1.29 is 14.6 Å². The van der Waals surface area contributed by atoms with E-state index in [1.807, 2.05) is 12.1 Å². The molecule has 1 aromatic carbocycles. The van der Waals surface area contributed by atoms with E-state index in [-0.39, 0.29) is 12.5 Å². The second-order valence-corrected chi connectivity index (χ2v) is 4.34. The summed E-state index contributed by atoms with van der Waals surface area (Å²) >= 11 is 2.19. The normalized spacial score (nSPS) is 10.1. The fourth-order valence-corrected chi connectivity index (χ4v) is 1.47. The van der Waals surface area contributed by atoms with Crippen LogP contribution in [0.15, 0.2) is 24.3 Å². The van der Waals surface area contributed by atoms with Gasteiger partial charge in [-0.1, -0.05) is 0 Å². The summed E-state index contributed by atoms with van der Waals surface area (Å²) in [5.74, 6) is -0.107. The van der Waals surface area contributed by atoms with Crippen LogP contribution in [-0.4, -0.2) is 37.4 Å². The van der Waals surface area contributed by atoms with E-state index in [2.05, 4.69) is 27.9 Å². The molecule has 0 bridgehead atoms. The van der Waals surface area contributed by atoms with E-state index < -0.39 is 0 Å². The molecule has 4 nitrogen and oxygen atoms in total. The lowest BCUT2D eigenvalue weighted by Gasteiger charge is -2.05. The molecule has 0 aromatic heterocycles. The predicted octanol–water partition coefficient (Wildman–Crippen LogP) is 1.03. The minimum atomic E-state index is -0.107. The Labute approximate surface area is 108 Å². The van der Waals surface area contributed by atoms with E-state index in [4.69, 9.17) is 9.84 Å². The van der Waals surface area contributed by atoms with Crippen molar-refractivity contribution in [1.29, 1.82) is 0 Å². The third-order valence-corrected chi connectivity index (χ3v) is 2.59. The molecule has 0 fully saturated rings. The fourth-order valence-electron chi connectivity index (χ4n) is 1.11. The topological polar surface area (TPSA) is 58.6 Å². The van der Waals surface area contributed by atoms with Crippen LogP contribution in [0.3, 0.4) is 0 Å². The Morgan fingerprint density at radius 3 is 2.62 bits per heavy atom. The standard InChI is InChI=1S/C11H14INO3/c12-10-3-1-9(2-4-10)11(15)13-5-7-16-8-6-14/h1-4,14H,5-8H2,(H,13,15). The molecule has 2 N–H and O–H groups in total. The van der Waals surface area contributed by atoms with Crippen molar-refractivity contribution in [3.8, 4) is 0 Å². The van der Waals surface area contributed by atoms with Gasteiger partial charge in [-0.05, 0) is 46.9 Å². The zero-order chi connectivity index (χ0) is 11.8. The van der Waals surface area contributed by atoms with Gasteiger partial charge in [0, 0.05) is 15.7 Å². The number of carbonyl (C=O) groups is 1. The molecule has 1 amide bonds. The van der Waals surface area contributed by atoms with Crippen LogP contribution in [-0.2, 0) is 4.74 Å². The number of aliphatic hydroxyl groups is 1. The first-order chi connectivity index (χ1) is 7.74. The van der Waals surface area contributed by atoms with Gasteiger partial charge >= 0.3 is 0 Å². The SMILES string of the molecule is O=C(NCCOCCO)c1ccc(I)cc1. The Bertz CT molecular complexity index is 327. The summed E-state index contributed by atoms with van der Waals surface area (Å²) in [4.78, 5) is 11.6. The second kappa shape index (κ2) is 7.59. The molecular formula is C11H14INO3. The second-order valence-electron chi connectivity index (χ2n) is 3.10. The maximum absolute atomic E-state index is 11.6. The molecule has 1 aromatic rings. The third-order valence-electron chi connectivity index (χ3n) is 1.87. The van der Waals surface area contributed by atoms with E-state index in [1.165, 1.54) is 0 Å². The van der Waals surface area contributed by atoms with Gasteiger partial charge in [-0.15, -0.1) is 0 Å². The summed E-state index contributed by atoms with van der Waals surface area (Å²) < 4.78 is 6.12. The highest BCUT2D eigenvalue weighted by molar-refractivity contribution is 14.1. The van der Waals surface area contributed by atoms with Crippen LogP contribution in [0, 0.1) is 3.57 Å². The average molecular weight is 335 g/mol. The number of amides is 1. The highest BCUT2D eigenvalue weighted by atomic mass is 127. The molecule has 0 unspecified atom stereocenters. The van der Waals surface area contributed by atoms with Crippen molar-refractivity contribution in [3.05, 3.63) is 33.4 Å². The lowest BCUT2D eigenvalue weighted by molar-refractivity contribution is 0.0838. The van der Waals surface area contributed by atoms with Crippen LogP contribution < -0.4 is 5.32 Å². The van der Waals surface area contributed by atoms with Crippen LogP contribution in [0.1, 0.15) is 10.4 Å². The smallest absolute Gasteiger partial charge is 0.251 e. The number of aliphatic hydroxyl groups excluding tert-OH is 1. The molecule has 0 saturated carbocycles. The summed E-state index contributed by atoms with van der Waals surface area (Å²) in [6.07, 6.45) is 0. The summed E-state index contributed by atoms with van der Waals surface area (Å²) in [6.45, 7) is 1.17. The Morgan fingerprint density at radius 1 is 1.31 bits per heavy atom. The maximum atomic E-state index is 11.6. The first-order valence-corrected chi connectivity index (χ1v) is 6.04. The molecule has 5 heteroatoms. The molecule has 0 aliphatic carbocycles. The van der Waals surface area contributed by atoms with E-state index >= 15 is 0 Å². The molecule has 88 valence electrons. The van der Waals surface area contributed by atoms with E-state index in [0.29, 0.717) is 25.3 Å². The van der Waals surface area contributed by atoms with Crippen LogP contribution in [0.5, 0.6) is 0 Å². The molecule has 16 heavy (non-hydrogen) atoms. The number of benzene rings is 1. The van der Waals surface area contributed by atoms with Gasteiger partial charge in [0.05, 0.1) is 19.8 Å². The fraction of sp³-hybridized carbons (Fsp3) is 0.364. The molecule has 0 spiro atoms. The molecule has 0 aliphatic heterocycles. The molecule has 0 aliphatic rings. The third kappa shape index (κ3) is 4.91. The molecular weight excluding hydrogens is 321 g/mol. The van der Waals surface area contributed by atoms with Gasteiger partial charge in [-0.2, -0.15) is 0 Å². The van der Waals surface area contributed by atoms with Gasteiger partial charge in [-0.3, -0.25) is 4.79 Å². The van der Waals surface area contributed by atoms with Gasteiger partial charge in [-0.25, -0.2) is 0 Å². The lowest BCUT2D eigenvalue weighted by Crippen LogP contribution is -2.27. The van der Waals surface area contributed by atoms with Gasteiger partial charge < -0.3 is 15.2 Å². The molecule has 0 atom stereocenters. The summed E-state index contributed by atoms with van der Waals surface area (Å²) in [5.41, 5.74) is 0.641. The van der Waals surface area contributed by atoms with Crippen molar-refractivity contribution in [1.82, 2.24) is 5.32 Å². The van der Waals surface area contributed by atoms with Gasteiger partial charge in [0.1, 0.15) is 0 Å². The molecule has 0 heterocycles. The number of rotatable bonds is 6. The largest absolute Gasteiger partial charge is 0.394 e. The summed E-state index contributed by atoms with van der Waals surface area (Å²) in [6, 6.07) is 7.34. The number of hydrogen-bond donors (Lipinski definition) is 2. The summed E-state index contributed by atoms with van der Waals surface area (Å²) in [5, 5.41) is 11.2. The quantitative estimate of drug-likeness (QED) is 0.603.